The van der Waals surface area contributed by atoms with Gasteiger partial charge < -0.3 is 11.1 Å². The number of anilines is 3. The Morgan fingerprint density at radius 1 is 1.39 bits per heavy atom. The van der Waals surface area contributed by atoms with E-state index in [-0.39, 0.29) is 0 Å². The first-order valence-corrected chi connectivity index (χ1v) is 6.37. The number of nitriles is 1. The van der Waals surface area contributed by atoms with Gasteiger partial charge in [0.1, 0.15) is 6.07 Å². The Bertz CT molecular complexity index is 631. The van der Waals surface area contributed by atoms with E-state index in [1.54, 1.807) is 6.07 Å². The average molecular weight is 350 g/mol. The fourth-order valence-corrected chi connectivity index (χ4v) is 2.00. The molecule has 18 heavy (non-hydrogen) atoms. The van der Waals surface area contributed by atoms with Crippen molar-refractivity contribution in [1.29, 1.82) is 5.26 Å². The van der Waals surface area contributed by atoms with Gasteiger partial charge in [0.05, 0.1) is 11.3 Å². The quantitative estimate of drug-likeness (QED) is 0.816. The molecule has 0 aliphatic carbocycles. The van der Waals surface area contributed by atoms with Crippen molar-refractivity contribution in [2.24, 2.45) is 0 Å². The topological polar surface area (TPSA) is 74.7 Å². The number of nitrogens with two attached hydrogens (primary N) is 1. The standard InChI is InChI=1S/C13H11IN4/c1-8-2-3-10(14)5-12(8)18-13-11(16)4-9(6-15)7-17-13/h2-5,7H,16H2,1H3,(H,17,18). The molecule has 2 rings (SSSR count). The second kappa shape index (κ2) is 5.23. The van der Waals surface area contributed by atoms with Crippen LogP contribution < -0.4 is 11.1 Å². The maximum absolute atomic E-state index is 8.76. The highest BCUT2D eigenvalue weighted by Gasteiger charge is 2.05. The molecule has 3 N–H and O–H groups in total. The number of rotatable bonds is 2. The van der Waals surface area contributed by atoms with Crippen LogP contribution in [0.4, 0.5) is 17.2 Å². The minimum Gasteiger partial charge on any atom is -0.396 e. The molecule has 0 atom stereocenters. The number of aryl methyl sites for hydroxylation is 1. The molecule has 0 radical (unpaired) electrons. The van der Waals surface area contributed by atoms with Crippen molar-refractivity contribution in [3.63, 3.8) is 0 Å². The molecule has 1 aromatic carbocycles. The number of pyridine rings is 1. The molecule has 0 spiro atoms. The van der Waals surface area contributed by atoms with Gasteiger partial charge in [-0.25, -0.2) is 4.98 Å². The number of nitrogens with zero attached hydrogens (tertiary/aromatic N) is 2. The predicted molar refractivity (Wildman–Crippen MR) is 80.5 cm³/mol. The van der Waals surface area contributed by atoms with Gasteiger partial charge in [-0.05, 0) is 53.3 Å². The van der Waals surface area contributed by atoms with Gasteiger partial charge >= 0.3 is 0 Å². The molecule has 4 nitrogen and oxygen atoms in total. The first-order chi connectivity index (χ1) is 8.60. The van der Waals surface area contributed by atoms with Crippen LogP contribution in [0.2, 0.25) is 0 Å². The van der Waals surface area contributed by atoms with Gasteiger partial charge in [-0.15, -0.1) is 0 Å². The van der Waals surface area contributed by atoms with Gasteiger partial charge in [-0.1, -0.05) is 6.07 Å². The summed E-state index contributed by atoms with van der Waals surface area (Å²) < 4.78 is 1.13. The van der Waals surface area contributed by atoms with Crippen LogP contribution in [0.15, 0.2) is 30.5 Å². The molecule has 1 aromatic heterocycles. The summed E-state index contributed by atoms with van der Waals surface area (Å²) in [7, 11) is 0. The summed E-state index contributed by atoms with van der Waals surface area (Å²) in [5, 5.41) is 11.9. The van der Waals surface area contributed by atoms with E-state index in [9.17, 15) is 0 Å². The minimum absolute atomic E-state index is 0.456. The molecular formula is C13H11IN4. The second-order valence-corrected chi connectivity index (χ2v) is 5.10. The Morgan fingerprint density at radius 3 is 2.83 bits per heavy atom. The van der Waals surface area contributed by atoms with E-state index < -0.39 is 0 Å². The smallest absolute Gasteiger partial charge is 0.153 e. The van der Waals surface area contributed by atoms with Crippen LogP contribution in [0.25, 0.3) is 0 Å². The molecule has 0 aliphatic rings. The highest BCUT2D eigenvalue weighted by Crippen LogP contribution is 2.25. The second-order valence-electron chi connectivity index (χ2n) is 3.86. The van der Waals surface area contributed by atoms with E-state index in [0.717, 1.165) is 14.8 Å². The lowest BCUT2D eigenvalue weighted by molar-refractivity contribution is 1.28. The zero-order valence-electron chi connectivity index (χ0n) is 9.74. The number of hydrogen-bond donors (Lipinski definition) is 2. The third-order valence-corrected chi connectivity index (χ3v) is 3.17. The number of hydrogen-bond acceptors (Lipinski definition) is 4. The first-order valence-electron chi connectivity index (χ1n) is 5.29. The van der Waals surface area contributed by atoms with E-state index in [1.807, 2.05) is 31.2 Å². The number of nitrogens with one attached hydrogen (secondary N) is 1. The van der Waals surface area contributed by atoms with E-state index in [0.29, 0.717) is 17.1 Å². The molecule has 5 heteroatoms. The Hall–Kier alpha value is -1.81. The number of aromatic nitrogens is 1. The largest absolute Gasteiger partial charge is 0.396 e. The zero-order chi connectivity index (χ0) is 13.1. The fourth-order valence-electron chi connectivity index (χ4n) is 1.50. The van der Waals surface area contributed by atoms with E-state index in [1.165, 1.54) is 6.20 Å². The molecule has 90 valence electrons. The maximum Gasteiger partial charge on any atom is 0.153 e. The highest BCUT2D eigenvalue weighted by atomic mass is 127. The summed E-state index contributed by atoms with van der Waals surface area (Å²) in [5.74, 6) is 0.569. The van der Waals surface area contributed by atoms with Gasteiger partial charge in [0.15, 0.2) is 5.82 Å². The van der Waals surface area contributed by atoms with Crippen molar-refractivity contribution >= 4 is 39.8 Å². The summed E-state index contributed by atoms with van der Waals surface area (Å²) in [4.78, 5) is 4.15. The summed E-state index contributed by atoms with van der Waals surface area (Å²) in [6.45, 7) is 2.01. The summed E-state index contributed by atoms with van der Waals surface area (Å²) in [6.07, 6.45) is 1.50. The summed E-state index contributed by atoms with van der Waals surface area (Å²) in [5.41, 5.74) is 8.85. The lowest BCUT2D eigenvalue weighted by Crippen LogP contribution is -2.01. The molecular weight excluding hydrogens is 339 g/mol. The SMILES string of the molecule is Cc1ccc(I)cc1Nc1ncc(C#N)cc1N. The molecule has 0 aliphatic heterocycles. The third-order valence-electron chi connectivity index (χ3n) is 2.50. The van der Waals surface area contributed by atoms with Crippen LogP contribution in [0.3, 0.4) is 0 Å². The van der Waals surface area contributed by atoms with Crippen LogP contribution in [0.1, 0.15) is 11.1 Å². The van der Waals surface area contributed by atoms with Crippen LogP contribution in [-0.2, 0) is 0 Å². The molecule has 0 saturated heterocycles. The lowest BCUT2D eigenvalue weighted by Gasteiger charge is -2.11. The highest BCUT2D eigenvalue weighted by molar-refractivity contribution is 14.1. The Labute approximate surface area is 119 Å². The van der Waals surface area contributed by atoms with Crippen LogP contribution in [0, 0.1) is 21.8 Å². The normalized spacial score (nSPS) is 9.83. The van der Waals surface area contributed by atoms with Crippen molar-refractivity contribution < 1.29 is 0 Å². The van der Waals surface area contributed by atoms with E-state index in [2.05, 4.69) is 32.9 Å². The number of halogens is 1. The first kappa shape index (κ1) is 12.6. The molecule has 0 saturated carbocycles. The molecule has 1 heterocycles. The van der Waals surface area contributed by atoms with E-state index >= 15 is 0 Å². The van der Waals surface area contributed by atoms with Crippen LogP contribution in [-0.4, -0.2) is 4.98 Å². The molecule has 0 fully saturated rings. The number of nitrogen functional groups attached to an aromatic ring is 1. The van der Waals surface area contributed by atoms with Gasteiger partial charge in [-0.2, -0.15) is 5.26 Å². The molecule has 2 aromatic rings. The molecule has 0 bridgehead atoms. The lowest BCUT2D eigenvalue weighted by atomic mass is 10.2. The molecule has 0 amide bonds. The van der Waals surface area contributed by atoms with Gasteiger partial charge in [0.2, 0.25) is 0 Å². The summed E-state index contributed by atoms with van der Waals surface area (Å²) in [6, 6.07) is 9.71. The Kier molecular flexibility index (Phi) is 3.67. The van der Waals surface area contributed by atoms with Crippen molar-refractivity contribution in [2.45, 2.75) is 6.92 Å². The third kappa shape index (κ3) is 2.71. The van der Waals surface area contributed by atoms with Crippen molar-refractivity contribution in [2.75, 3.05) is 11.1 Å². The molecule has 0 unspecified atom stereocenters. The minimum atomic E-state index is 0.456. The van der Waals surface area contributed by atoms with Crippen molar-refractivity contribution in [3.05, 3.63) is 45.2 Å². The fraction of sp³-hybridized carbons (Fsp3) is 0.0769. The van der Waals surface area contributed by atoms with Crippen molar-refractivity contribution in [1.82, 2.24) is 4.98 Å². The van der Waals surface area contributed by atoms with Gasteiger partial charge in [-0.3, -0.25) is 0 Å². The predicted octanol–water partition coefficient (Wildman–Crippen LogP) is 3.19. The van der Waals surface area contributed by atoms with Gasteiger partial charge in [0.25, 0.3) is 0 Å². The summed E-state index contributed by atoms with van der Waals surface area (Å²) >= 11 is 2.25. The van der Waals surface area contributed by atoms with Crippen LogP contribution in [0.5, 0.6) is 0 Å². The maximum atomic E-state index is 8.76. The number of benzene rings is 1. The zero-order valence-corrected chi connectivity index (χ0v) is 11.9. The Balaban J connectivity index is 2.34. The monoisotopic (exact) mass is 350 g/mol. The van der Waals surface area contributed by atoms with Gasteiger partial charge in [0, 0.05) is 15.5 Å². The van der Waals surface area contributed by atoms with Crippen LogP contribution >= 0.6 is 22.6 Å². The average Bonchev–Trinajstić information content (AvgIpc) is 2.36. The van der Waals surface area contributed by atoms with Crippen molar-refractivity contribution in [3.8, 4) is 6.07 Å². The Morgan fingerprint density at radius 2 is 2.17 bits per heavy atom. The van der Waals surface area contributed by atoms with E-state index in [4.69, 9.17) is 11.0 Å².